The Morgan fingerprint density at radius 3 is 2.82 bits per heavy atom. The van der Waals surface area contributed by atoms with Gasteiger partial charge < -0.3 is 10.1 Å². The molecule has 1 aromatic rings. The highest BCUT2D eigenvalue weighted by Crippen LogP contribution is 2.11. The average molecular weight is 254 g/mol. The van der Waals surface area contributed by atoms with Gasteiger partial charge in [0, 0.05) is 23.7 Å². The summed E-state index contributed by atoms with van der Waals surface area (Å²) in [5.74, 6) is 0.0830. The van der Waals surface area contributed by atoms with Gasteiger partial charge in [-0.25, -0.2) is 0 Å². The van der Waals surface area contributed by atoms with Gasteiger partial charge in [-0.3, -0.25) is 4.79 Å². The molecule has 1 aliphatic heterocycles. The van der Waals surface area contributed by atoms with E-state index >= 15 is 0 Å². The van der Waals surface area contributed by atoms with Crippen molar-refractivity contribution in [2.24, 2.45) is 0 Å². The van der Waals surface area contributed by atoms with Crippen molar-refractivity contribution in [3.8, 4) is 0 Å². The Labute approximate surface area is 106 Å². The quantitative estimate of drug-likeness (QED) is 0.819. The Morgan fingerprint density at radius 1 is 1.41 bits per heavy atom. The summed E-state index contributed by atoms with van der Waals surface area (Å²) in [7, 11) is 0. The summed E-state index contributed by atoms with van der Waals surface area (Å²) in [4.78, 5) is 11.8. The average Bonchev–Trinajstić information content (AvgIpc) is 2.83. The van der Waals surface area contributed by atoms with Crippen LogP contribution >= 0.6 is 11.6 Å². The molecule has 1 saturated heterocycles. The highest BCUT2D eigenvalue weighted by atomic mass is 35.5. The van der Waals surface area contributed by atoms with E-state index in [2.05, 4.69) is 5.32 Å². The van der Waals surface area contributed by atoms with Crippen LogP contribution in [0.4, 0.5) is 0 Å². The Hall–Kier alpha value is -0.900. The van der Waals surface area contributed by atoms with E-state index in [4.69, 9.17) is 16.3 Å². The standard InChI is InChI=1S/C13H16ClNO2/c14-11-5-3-10(4-6-11)13(16)9-15-8-12-2-1-7-17-12/h3-6,12,15H,1-2,7-9H2. The summed E-state index contributed by atoms with van der Waals surface area (Å²) in [6.07, 6.45) is 2.48. The molecule has 1 N–H and O–H groups in total. The van der Waals surface area contributed by atoms with Crippen LogP contribution in [0.15, 0.2) is 24.3 Å². The van der Waals surface area contributed by atoms with E-state index in [0.29, 0.717) is 17.1 Å². The zero-order valence-corrected chi connectivity index (χ0v) is 10.4. The molecule has 1 heterocycles. The third kappa shape index (κ3) is 3.80. The lowest BCUT2D eigenvalue weighted by atomic mass is 10.1. The van der Waals surface area contributed by atoms with Crippen molar-refractivity contribution in [3.05, 3.63) is 34.9 Å². The van der Waals surface area contributed by atoms with Crippen molar-refractivity contribution in [2.45, 2.75) is 18.9 Å². The number of hydrogen-bond donors (Lipinski definition) is 1. The third-order valence-electron chi connectivity index (χ3n) is 2.85. The minimum atomic E-state index is 0.0830. The number of ketones is 1. The second-order valence-corrected chi connectivity index (χ2v) is 4.63. The summed E-state index contributed by atoms with van der Waals surface area (Å²) in [6.45, 7) is 1.94. The van der Waals surface area contributed by atoms with Crippen molar-refractivity contribution in [2.75, 3.05) is 19.7 Å². The number of carbonyl (C=O) groups is 1. The molecule has 0 spiro atoms. The van der Waals surface area contributed by atoms with E-state index in [1.165, 1.54) is 0 Å². The molecule has 0 radical (unpaired) electrons. The second kappa shape index (κ2) is 6.15. The highest BCUT2D eigenvalue weighted by molar-refractivity contribution is 6.30. The minimum Gasteiger partial charge on any atom is -0.377 e. The number of ether oxygens (including phenoxy) is 1. The third-order valence-corrected chi connectivity index (χ3v) is 3.10. The molecule has 0 aliphatic carbocycles. The number of carbonyl (C=O) groups excluding carboxylic acids is 1. The van der Waals surface area contributed by atoms with Crippen LogP contribution in [-0.4, -0.2) is 31.6 Å². The molecule has 0 aromatic heterocycles. The van der Waals surface area contributed by atoms with E-state index in [9.17, 15) is 4.79 Å². The monoisotopic (exact) mass is 253 g/mol. The van der Waals surface area contributed by atoms with Gasteiger partial charge in [-0.05, 0) is 37.1 Å². The Kier molecular flexibility index (Phi) is 4.54. The summed E-state index contributed by atoms with van der Waals surface area (Å²) in [5.41, 5.74) is 0.689. The van der Waals surface area contributed by atoms with Crippen LogP contribution in [-0.2, 0) is 4.74 Å². The first-order chi connectivity index (χ1) is 8.25. The highest BCUT2D eigenvalue weighted by Gasteiger charge is 2.15. The van der Waals surface area contributed by atoms with Crippen LogP contribution in [0, 0.1) is 0 Å². The minimum absolute atomic E-state index is 0.0830. The second-order valence-electron chi connectivity index (χ2n) is 4.20. The SMILES string of the molecule is O=C(CNCC1CCCO1)c1ccc(Cl)cc1. The predicted octanol–water partition coefficient (Wildman–Crippen LogP) is 2.29. The Morgan fingerprint density at radius 2 is 2.18 bits per heavy atom. The van der Waals surface area contributed by atoms with Crippen molar-refractivity contribution >= 4 is 17.4 Å². The van der Waals surface area contributed by atoms with Crippen LogP contribution in [0.3, 0.4) is 0 Å². The van der Waals surface area contributed by atoms with Gasteiger partial charge in [-0.15, -0.1) is 0 Å². The molecule has 2 rings (SSSR count). The van der Waals surface area contributed by atoms with E-state index in [-0.39, 0.29) is 11.9 Å². The number of rotatable bonds is 5. The predicted molar refractivity (Wildman–Crippen MR) is 67.6 cm³/mol. The largest absolute Gasteiger partial charge is 0.377 e. The fraction of sp³-hybridized carbons (Fsp3) is 0.462. The fourth-order valence-corrected chi connectivity index (χ4v) is 2.02. The van der Waals surface area contributed by atoms with Gasteiger partial charge in [-0.2, -0.15) is 0 Å². The molecule has 0 bridgehead atoms. The number of benzene rings is 1. The number of hydrogen-bond acceptors (Lipinski definition) is 3. The zero-order chi connectivity index (χ0) is 12.1. The lowest BCUT2D eigenvalue weighted by molar-refractivity contribution is 0.0955. The molecular formula is C13H16ClNO2. The van der Waals surface area contributed by atoms with Crippen LogP contribution in [0.25, 0.3) is 0 Å². The molecule has 1 aromatic carbocycles. The fourth-order valence-electron chi connectivity index (χ4n) is 1.89. The van der Waals surface area contributed by atoms with Crippen LogP contribution in [0.1, 0.15) is 23.2 Å². The summed E-state index contributed by atoms with van der Waals surface area (Å²) < 4.78 is 5.46. The van der Waals surface area contributed by atoms with Crippen LogP contribution in [0.5, 0.6) is 0 Å². The number of Topliss-reactive ketones (excluding diaryl/α,β-unsaturated/α-hetero) is 1. The Bertz CT molecular complexity index is 372. The van der Waals surface area contributed by atoms with E-state index < -0.39 is 0 Å². The first kappa shape index (κ1) is 12.6. The maximum Gasteiger partial charge on any atom is 0.176 e. The molecule has 1 atom stereocenters. The van der Waals surface area contributed by atoms with Gasteiger partial charge in [0.1, 0.15) is 0 Å². The van der Waals surface area contributed by atoms with Crippen LogP contribution < -0.4 is 5.32 Å². The lowest BCUT2D eigenvalue weighted by Gasteiger charge is -2.10. The first-order valence-electron chi connectivity index (χ1n) is 5.87. The molecule has 0 amide bonds. The lowest BCUT2D eigenvalue weighted by Crippen LogP contribution is -2.30. The maximum absolute atomic E-state index is 11.8. The normalized spacial score (nSPS) is 19.5. The smallest absolute Gasteiger partial charge is 0.176 e. The van der Waals surface area contributed by atoms with Crippen molar-refractivity contribution < 1.29 is 9.53 Å². The van der Waals surface area contributed by atoms with Crippen molar-refractivity contribution in [1.82, 2.24) is 5.32 Å². The van der Waals surface area contributed by atoms with Gasteiger partial charge in [0.25, 0.3) is 0 Å². The summed E-state index contributed by atoms with van der Waals surface area (Å²) in [6, 6.07) is 6.96. The van der Waals surface area contributed by atoms with Gasteiger partial charge in [-0.1, -0.05) is 11.6 Å². The molecule has 0 saturated carbocycles. The number of nitrogens with one attached hydrogen (secondary N) is 1. The van der Waals surface area contributed by atoms with E-state index in [0.717, 1.165) is 26.0 Å². The molecule has 4 heteroatoms. The van der Waals surface area contributed by atoms with E-state index in [1.807, 2.05) is 0 Å². The summed E-state index contributed by atoms with van der Waals surface area (Å²) >= 11 is 5.76. The van der Waals surface area contributed by atoms with Crippen molar-refractivity contribution in [3.63, 3.8) is 0 Å². The molecule has 1 unspecified atom stereocenters. The molecular weight excluding hydrogens is 238 g/mol. The number of halogens is 1. The maximum atomic E-state index is 11.8. The summed E-state index contributed by atoms with van der Waals surface area (Å²) in [5, 5.41) is 3.78. The molecule has 17 heavy (non-hydrogen) atoms. The van der Waals surface area contributed by atoms with Gasteiger partial charge in [0.2, 0.25) is 0 Å². The van der Waals surface area contributed by atoms with Gasteiger partial charge in [0.05, 0.1) is 12.6 Å². The molecule has 1 aliphatic rings. The molecule has 3 nitrogen and oxygen atoms in total. The van der Waals surface area contributed by atoms with Gasteiger partial charge >= 0.3 is 0 Å². The van der Waals surface area contributed by atoms with Crippen LogP contribution in [0.2, 0.25) is 5.02 Å². The van der Waals surface area contributed by atoms with Crippen molar-refractivity contribution in [1.29, 1.82) is 0 Å². The topological polar surface area (TPSA) is 38.3 Å². The van der Waals surface area contributed by atoms with Gasteiger partial charge in [0.15, 0.2) is 5.78 Å². The zero-order valence-electron chi connectivity index (χ0n) is 9.62. The Balaban J connectivity index is 1.75. The van der Waals surface area contributed by atoms with E-state index in [1.54, 1.807) is 24.3 Å². The first-order valence-corrected chi connectivity index (χ1v) is 6.24. The molecule has 1 fully saturated rings. The molecule has 92 valence electrons.